The molecule has 1 fully saturated rings. The van der Waals surface area contributed by atoms with Gasteiger partial charge in [0.25, 0.3) is 0 Å². The lowest BCUT2D eigenvalue weighted by molar-refractivity contribution is -0.149. The van der Waals surface area contributed by atoms with Crippen molar-refractivity contribution in [3.63, 3.8) is 0 Å². The number of hydrogen-bond donors (Lipinski definition) is 0. The molecule has 0 N–H and O–H groups in total. The Morgan fingerprint density at radius 1 is 1.30 bits per heavy atom. The standard InChI is InChI=1S/C18H25NO4/c1-2-22-18(21)14-19(13-15-7-4-3-5-8-15)17(20)11-10-16-9-6-12-23-16/h3-5,7-8,16H,2,6,9-14H2,1H3/t16-/m0/s1. The van der Waals surface area contributed by atoms with E-state index in [4.69, 9.17) is 9.47 Å². The van der Waals surface area contributed by atoms with E-state index in [1.54, 1.807) is 11.8 Å². The molecule has 1 saturated heterocycles. The Bertz CT molecular complexity index is 497. The Morgan fingerprint density at radius 2 is 2.09 bits per heavy atom. The number of hydrogen-bond acceptors (Lipinski definition) is 4. The van der Waals surface area contributed by atoms with Gasteiger partial charge in [0.05, 0.1) is 12.7 Å². The van der Waals surface area contributed by atoms with Gasteiger partial charge < -0.3 is 14.4 Å². The van der Waals surface area contributed by atoms with E-state index in [0.29, 0.717) is 26.0 Å². The lowest BCUT2D eigenvalue weighted by atomic mass is 10.1. The Hall–Kier alpha value is -1.88. The van der Waals surface area contributed by atoms with Gasteiger partial charge >= 0.3 is 5.97 Å². The molecule has 126 valence electrons. The van der Waals surface area contributed by atoms with Gasteiger partial charge in [0.2, 0.25) is 5.91 Å². The molecular formula is C18H25NO4. The number of rotatable bonds is 8. The molecule has 5 heteroatoms. The maximum Gasteiger partial charge on any atom is 0.325 e. The van der Waals surface area contributed by atoms with Crippen LogP contribution in [0.15, 0.2) is 30.3 Å². The number of ether oxygens (including phenoxy) is 2. The topological polar surface area (TPSA) is 55.8 Å². The van der Waals surface area contributed by atoms with Gasteiger partial charge in [0.15, 0.2) is 0 Å². The summed E-state index contributed by atoms with van der Waals surface area (Å²) >= 11 is 0. The average molecular weight is 319 g/mol. The second kappa shape index (κ2) is 9.30. The summed E-state index contributed by atoms with van der Waals surface area (Å²) in [5, 5.41) is 0. The Balaban J connectivity index is 1.93. The first-order chi connectivity index (χ1) is 11.2. The van der Waals surface area contributed by atoms with Gasteiger partial charge in [-0.25, -0.2) is 0 Å². The predicted molar refractivity (Wildman–Crippen MR) is 86.7 cm³/mol. The highest BCUT2D eigenvalue weighted by Gasteiger charge is 2.21. The number of benzene rings is 1. The molecule has 0 bridgehead atoms. The summed E-state index contributed by atoms with van der Waals surface area (Å²) in [5.74, 6) is -0.397. The van der Waals surface area contributed by atoms with Crippen LogP contribution in [0.4, 0.5) is 0 Å². The van der Waals surface area contributed by atoms with Crippen LogP contribution in [0.2, 0.25) is 0 Å². The highest BCUT2D eigenvalue weighted by Crippen LogP contribution is 2.18. The third-order valence-electron chi connectivity index (χ3n) is 3.90. The number of amides is 1. The minimum atomic E-state index is -0.367. The maximum atomic E-state index is 12.5. The SMILES string of the molecule is CCOC(=O)CN(Cc1ccccc1)C(=O)CC[C@@H]1CCCO1. The number of carbonyl (C=O) groups is 2. The molecule has 2 rings (SSSR count). The van der Waals surface area contributed by atoms with Crippen LogP contribution in [0.1, 0.15) is 38.2 Å². The molecule has 1 aromatic carbocycles. The van der Waals surface area contributed by atoms with Crippen molar-refractivity contribution in [1.82, 2.24) is 4.90 Å². The van der Waals surface area contributed by atoms with Crippen LogP contribution in [0.5, 0.6) is 0 Å². The zero-order valence-electron chi connectivity index (χ0n) is 13.7. The van der Waals surface area contributed by atoms with Crippen molar-refractivity contribution in [2.24, 2.45) is 0 Å². The summed E-state index contributed by atoms with van der Waals surface area (Å²) in [6.45, 7) is 3.29. The largest absolute Gasteiger partial charge is 0.465 e. The molecule has 1 aliphatic rings. The molecule has 0 radical (unpaired) electrons. The zero-order chi connectivity index (χ0) is 16.5. The molecule has 1 heterocycles. The molecule has 1 aromatic rings. The van der Waals surface area contributed by atoms with Crippen molar-refractivity contribution in [2.45, 2.75) is 45.3 Å². The van der Waals surface area contributed by atoms with Gasteiger partial charge in [-0.05, 0) is 31.7 Å². The lowest BCUT2D eigenvalue weighted by Crippen LogP contribution is -2.36. The second-order valence-electron chi connectivity index (χ2n) is 5.71. The normalized spacial score (nSPS) is 17.0. The van der Waals surface area contributed by atoms with Crippen molar-refractivity contribution >= 4 is 11.9 Å². The summed E-state index contributed by atoms with van der Waals surface area (Å²) in [7, 11) is 0. The first kappa shape index (κ1) is 17.5. The fourth-order valence-corrected chi connectivity index (χ4v) is 2.71. The van der Waals surface area contributed by atoms with Gasteiger partial charge in [-0.1, -0.05) is 30.3 Å². The monoisotopic (exact) mass is 319 g/mol. The molecule has 1 aliphatic heterocycles. The Labute approximate surface area is 137 Å². The van der Waals surface area contributed by atoms with E-state index in [9.17, 15) is 9.59 Å². The summed E-state index contributed by atoms with van der Waals surface area (Å²) in [4.78, 5) is 25.8. The minimum Gasteiger partial charge on any atom is -0.465 e. The van der Waals surface area contributed by atoms with Crippen LogP contribution < -0.4 is 0 Å². The van der Waals surface area contributed by atoms with Gasteiger partial charge in [-0.2, -0.15) is 0 Å². The number of carbonyl (C=O) groups excluding carboxylic acids is 2. The Kier molecular flexibility index (Phi) is 7.07. The predicted octanol–water partition coefficient (Wildman–Crippen LogP) is 2.54. The van der Waals surface area contributed by atoms with Gasteiger partial charge in [-0.3, -0.25) is 9.59 Å². The minimum absolute atomic E-state index is 0.00685. The third-order valence-corrected chi connectivity index (χ3v) is 3.90. The van der Waals surface area contributed by atoms with E-state index in [-0.39, 0.29) is 24.5 Å². The van der Waals surface area contributed by atoms with Crippen LogP contribution in [0, 0.1) is 0 Å². The highest BCUT2D eigenvalue weighted by molar-refractivity contribution is 5.82. The van der Waals surface area contributed by atoms with E-state index in [1.165, 1.54) is 0 Å². The summed E-state index contributed by atoms with van der Waals surface area (Å²) in [6.07, 6.45) is 3.38. The van der Waals surface area contributed by atoms with E-state index >= 15 is 0 Å². The van der Waals surface area contributed by atoms with Gasteiger partial charge in [0.1, 0.15) is 6.54 Å². The Morgan fingerprint density at radius 3 is 2.74 bits per heavy atom. The van der Waals surface area contributed by atoms with Crippen LogP contribution in [-0.4, -0.2) is 42.6 Å². The fraction of sp³-hybridized carbons (Fsp3) is 0.556. The molecule has 0 saturated carbocycles. The van der Waals surface area contributed by atoms with E-state index in [2.05, 4.69) is 0 Å². The van der Waals surface area contributed by atoms with Crippen LogP contribution >= 0.6 is 0 Å². The smallest absolute Gasteiger partial charge is 0.325 e. The van der Waals surface area contributed by atoms with Crippen LogP contribution in [-0.2, 0) is 25.6 Å². The molecule has 1 amide bonds. The zero-order valence-corrected chi connectivity index (χ0v) is 13.7. The van der Waals surface area contributed by atoms with Crippen molar-refractivity contribution in [3.05, 3.63) is 35.9 Å². The fourth-order valence-electron chi connectivity index (χ4n) is 2.71. The molecule has 23 heavy (non-hydrogen) atoms. The summed E-state index contributed by atoms with van der Waals surface area (Å²) < 4.78 is 10.5. The molecular weight excluding hydrogens is 294 g/mol. The van der Waals surface area contributed by atoms with Crippen molar-refractivity contribution in [1.29, 1.82) is 0 Å². The molecule has 1 atom stereocenters. The molecule has 0 spiro atoms. The van der Waals surface area contributed by atoms with E-state index in [0.717, 1.165) is 25.0 Å². The summed E-state index contributed by atoms with van der Waals surface area (Å²) in [6, 6.07) is 9.68. The highest BCUT2D eigenvalue weighted by atomic mass is 16.5. The first-order valence-electron chi connectivity index (χ1n) is 8.28. The first-order valence-corrected chi connectivity index (χ1v) is 8.28. The van der Waals surface area contributed by atoms with Crippen LogP contribution in [0.25, 0.3) is 0 Å². The number of esters is 1. The van der Waals surface area contributed by atoms with Crippen molar-refractivity contribution in [2.75, 3.05) is 19.8 Å². The number of nitrogens with zero attached hydrogens (tertiary/aromatic N) is 1. The third kappa shape index (κ3) is 6.02. The average Bonchev–Trinajstić information content (AvgIpc) is 3.06. The van der Waals surface area contributed by atoms with Crippen LogP contribution in [0.3, 0.4) is 0 Å². The molecule has 0 aliphatic carbocycles. The van der Waals surface area contributed by atoms with Gasteiger partial charge in [-0.15, -0.1) is 0 Å². The van der Waals surface area contributed by atoms with E-state index in [1.807, 2.05) is 30.3 Å². The van der Waals surface area contributed by atoms with E-state index < -0.39 is 0 Å². The van der Waals surface area contributed by atoms with Crippen molar-refractivity contribution in [3.8, 4) is 0 Å². The summed E-state index contributed by atoms with van der Waals surface area (Å²) in [5.41, 5.74) is 1.00. The molecule has 0 aromatic heterocycles. The molecule has 0 unspecified atom stereocenters. The van der Waals surface area contributed by atoms with Crippen molar-refractivity contribution < 1.29 is 19.1 Å². The lowest BCUT2D eigenvalue weighted by Gasteiger charge is -2.22. The quantitative estimate of drug-likeness (QED) is 0.691. The second-order valence-corrected chi connectivity index (χ2v) is 5.71. The van der Waals surface area contributed by atoms with Gasteiger partial charge in [0, 0.05) is 19.6 Å². The maximum absolute atomic E-state index is 12.5. The molecule has 5 nitrogen and oxygen atoms in total.